The van der Waals surface area contributed by atoms with Crippen molar-refractivity contribution in [1.29, 1.82) is 0 Å². The second-order valence-electron chi connectivity index (χ2n) is 4.05. The summed E-state index contributed by atoms with van der Waals surface area (Å²) in [7, 11) is 1.68. The fraction of sp³-hybridized carbons (Fsp3) is 0.167. The minimum absolute atomic E-state index is 0.0000177. The summed E-state index contributed by atoms with van der Waals surface area (Å²) in [5.41, 5.74) is 6.82. The van der Waals surface area contributed by atoms with E-state index in [9.17, 15) is 4.39 Å². The van der Waals surface area contributed by atoms with Crippen molar-refractivity contribution in [2.24, 2.45) is 12.8 Å². The van der Waals surface area contributed by atoms with Gasteiger partial charge in [-0.2, -0.15) is 5.10 Å². The fourth-order valence-corrected chi connectivity index (χ4v) is 2.68. The van der Waals surface area contributed by atoms with Crippen LogP contribution in [0.4, 0.5) is 4.39 Å². The summed E-state index contributed by atoms with van der Waals surface area (Å²) in [6.07, 6.45) is 0. The van der Waals surface area contributed by atoms with E-state index >= 15 is 0 Å². The summed E-state index contributed by atoms with van der Waals surface area (Å²) in [4.78, 5) is 0.163. The van der Waals surface area contributed by atoms with Crippen LogP contribution < -0.4 is 10.5 Å². The average molecular weight is 379 g/mol. The van der Waals surface area contributed by atoms with E-state index in [1.165, 1.54) is 16.8 Å². The Morgan fingerprint density at radius 2 is 2.20 bits per heavy atom. The van der Waals surface area contributed by atoms with Crippen LogP contribution in [0.1, 0.15) is 11.3 Å². The molecular formula is C12H10BrClFN3OS. The lowest BCUT2D eigenvalue weighted by atomic mass is 10.2. The fourth-order valence-electron chi connectivity index (χ4n) is 1.72. The number of nitrogens with zero attached hydrogens (tertiary/aromatic N) is 2. The van der Waals surface area contributed by atoms with Crippen molar-refractivity contribution in [2.45, 2.75) is 6.92 Å². The van der Waals surface area contributed by atoms with Crippen LogP contribution in [0.25, 0.3) is 0 Å². The van der Waals surface area contributed by atoms with Crippen LogP contribution in [0.15, 0.2) is 16.6 Å². The predicted molar refractivity (Wildman–Crippen MR) is 83.0 cm³/mol. The molecule has 4 nitrogen and oxygen atoms in total. The Morgan fingerprint density at radius 3 is 2.80 bits per heavy atom. The number of hydrogen-bond acceptors (Lipinski definition) is 3. The third-order valence-electron chi connectivity index (χ3n) is 2.60. The molecule has 1 heterocycles. The Labute approximate surface area is 133 Å². The monoisotopic (exact) mass is 377 g/mol. The van der Waals surface area contributed by atoms with Crippen LogP contribution in [0.3, 0.4) is 0 Å². The number of halogens is 3. The smallest absolute Gasteiger partial charge is 0.228 e. The summed E-state index contributed by atoms with van der Waals surface area (Å²) >= 11 is 13.9. The van der Waals surface area contributed by atoms with Gasteiger partial charge in [0.15, 0.2) is 0 Å². The Balaban J connectivity index is 2.50. The number of aromatic nitrogens is 2. The molecule has 0 aliphatic heterocycles. The van der Waals surface area contributed by atoms with Gasteiger partial charge < -0.3 is 10.5 Å². The van der Waals surface area contributed by atoms with E-state index in [0.29, 0.717) is 21.6 Å². The van der Waals surface area contributed by atoms with Gasteiger partial charge in [-0.15, -0.1) is 0 Å². The van der Waals surface area contributed by atoms with Crippen molar-refractivity contribution in [3.63, 3.8) is 0 Å². The largest absolute Gasteiger partial charge is 0.437 e. The van der Waals surface area contributed by atoms with Gasteiger partial charge in [-0.05, 0) is 28.9 Å². The first-order valence-corrected chi connectivity index (χ1v) is 7.05. The number of ether oxygens (including phenoxy) is 1. The number of benzene rings is 1. The molecule has 0 atom stereocenters. The van der Waals surface area contributed by atoms with Gasteiger partial charge in [-0.3, -0.25) is 0 Å². The predicted octanol–water partition coefficient (Wildman–Crippen LogP) is 3.71. The molecule has 0 fully saturated rings. The van der Waals surface area contributed by atoms with Crippen LogP contribution >= 0.6 is 39.7 Å². The summed E-state index contributed by atoms with van der Waals surface area (Å²) < 4.78 is 21.2. The molecule has 0 aliphatic rings. The molecule has 0 bridgehead atoms. The van der Waals surface area contributed by atoms with Gasteiger partial charge in [0, 0.05) is 13.1 Å². The number of nitrogens with two attached hydrogens (primary N) is 1. The van der Waals surface area contributed by atoms with Crippen LogP contribution in [-0.4, -0.2) is 14.8 Å². The molecule has 0 aliphatic carbocycles. The van der Waals surface area contributed by atoms with E-state index in [0.717, 1.165) is 0 Å². The topological polar surface area (TPSA) is 53.1 Å². The highest BCUT2D eigenvalue weighted by Gasteiger charge is 2.19. The maximum absolute atomic E-state index is 13.5. The van der Waals surface area contributed by atoms with Crippen molar-refractivity contribution in [1.82, 2.24) is 9.78 Å². The molecule has 1 aromatic heterocycles. The Morgan fingerprint density at radius 1 is 1.55 bits per heavy atom. The minimum Gasteiger partial charge on any atom is -0.437 e. The van der Waals surface area contributed by atoms with Crippen LogP contribution in [-0.2, 0) is 7.05 Å². The lowest BCUT2D eigenvalue weighted by molar-refractivity contribution is 0.424. The summed E-state index contributed by atoms with van der Waals surface area (Å²) in [6, 6.07) is 2.59. The molecule has 0 saturated carbocycles. The molecule has 8 heteroatoms. The molecule has 106 valence electrons. The number of aryl methyl sites for hydroxylation is 2. The van der Waals surface area contributed by atoms with Gasteiger partial charge >= 0.3 is 0 Å². The molecule has 0 radical (unpaired) electrons. The number of hydrogen-bond donors (Lipinski definition) is 1. The zero-order valence-corrected chi connectivity index (χ0v) is 13.7. The molecule has 2 N–H and O–H groups in total. The zero-order chi connectivity index (χ0) is 15.0. The summed E-state index contributed by atoms with van der Waals surface area (Å²) in [6.45, 7) is 1.76. The summed E-state index contributed by atoms with van der Waals surface area (Å²) in [5.74, 6) is 0.0189. The quantitative estimate of drug-likeness (QED) is 0.653. The lowest BCUT2D eigenvalue weighted by Crippen LogP contribution is -2.11. The molecule has 20 heavy (non-hydrogen) atoms. The molecule has 0 saturated heterocycles. The van der Waals surface area contributed by atoms with Crippen LogP contribution in [0.2, 0.25) is 5.02 Å². The SMILES string of the molecule is Cc1nn(C)c(Oc2cc(F)c(Cl)cc2Br)c1C(N)=S. The van der Waals surface area contributed by atoms with Gasteiger partial charge in [0.25, 0.3) is 0 Å². The second-order valence-corrected chi connectivity index (χ2v) is 5.75. The minimum atomic E-state index is -0.583. The highest BCUT2D eigenvalue weighted by Crippen LogP contribution is 2.35. The van der Waals surface area contributed by atoms with Gasteiger partial charge in [0.1, 0.15) is 16.6 Å². The van der Waals surface area contributed by atoms with E-state index in [1.807, 2.05) is 0 Å². The van der Waals surface area contributed by atoms with Crippen molar-refractivity contribution >= 4 is 44.7 Å². The molecule has 0 spiro atoms. The molecule has 1 aromatic carbocycles. The van der Waals surface area contributed by atoms with Gasteiger partial charge in [0.05, 0.1) is 20.8 Å². The van der Waals surface area contributed by atoms with Gasteiger partial charge in [-0.25, -0.2) is 9.07 Å². The lowest BCUT2D eigenvalue weighted by Gasteiger charge is -2.10. The molecular weight excluding hydrogens is 369 g/mol. The maximum atomic E-state index is 13.5. The molecule has 2 rings (SSSR count). The number of rotatable bonds is 3. The molecule has 0 amide bonds. The van der Waals surface area contributed by atoms with Crippen LogP contribution in [0, 0.1) is 12.7 Å². The van der Waals surface area contributed by atoms with E-state index in [4.69, 9.17) is 34.3 Å². The maximum Gasteiger partial charge on any atom is 0.228 e. The third-order valence-corrected chi connectivity index (χ3v) is 3.71. The van der Waals surface area contributed by atoms with Crippen molar-refractivity contribution in [3.8, 4) is 11.6 Å². The first-order valence-electron chi connectivity index (χ1n) is 5.47. The standard InChI is InChI=1S/C12H10BrClFN3OS/c1-5-10(11(16)20)12(18(2)17-5)19-9-4-8(15)7(14)3-6(9)13/h3-4H,1-2H3,(H2,16,20). The first kappa shape index (κ1) is 15.2. The summed E-state index contributed by atoms with van der Waals surface area (Å²) in [5, 5.41) is 4.19. The van der Waals surface area contributed by atoms with Gasteiger partial charge in [-0.1, -0.05) is 23.8 Å². The van der Waals surface area contributed by atoms with E-state index in [2.05, 4.69) is 21.0 Å². The van der Waals surface area contributed by atoms with Crippen molar-refractivity contribution < 1.29 is 9.13 Å². The first-order chi connectivity index (χ1) is 9.31. The average Bonchev–Trinajstić information content (AvgIpc) is 2.61. The number of thiocarbonyl (C=S) groups is 1. The third kappa shape index (κ3) is 2.79. The van der Waals surface area contributed by atoms with Crippen molar-refractivity contribution in [2.75, 3.05) is 0 Å². The van der Waals surface area contributed by atoms with E-state index in [-0.39, 0.29) is 15.8 Å². The highest BCUT2D eigenvalue weighted by atomic mass is 79.9. The van der Waals surface area contributed by atoms with E-state index in [1.54, 1.807) is 14.0 Å². The van der Waals surface area contributed by atoms with Crippen molar-refractivity contribution in [3.05, 3.63) is 38.7 Å². The Bertz CT molecular complexity index is 704. The highest BCUT2D eigenvalue weighted by molar-refractivity contribution is 9.10. The van der Waals surface area contributed by atoms with E-state index < -0.39 is 5.82 Å². The van der Waals surface area contributed by atoms with Gasteiger partial charge in [0.2, 0.25) is 5.88 Å². The molecule has 0 unspecified atom stereocenters. The zero-order valence-electron chi connectivity index (χ0n) is 10.6. The Kier molecular flexibility index (Phi) is 4.31. The Hall–Kier alpha value is -1.18. The second kappa shape index (κ2) is 5.67. The normalized spacial score (nSPS) is 10.7. The van der Waals surface area contributed by atoms with Crippen LogP contribution in [0.5, 0.6) is 11.6 Å². The molecule has 2 aromatic rings.